The molecule has 0 aliphatic heterocycles. The summed E-state index contributed by atoms with van der Waals surface area (Å²) >= 11 is 5.89. The largest absolute Gasteiger partial charge is 0.484 e. The molecule has 24 heavy (non-hydrogen) atoms. The summed E-state index contributed by atoms with van der Waals surface area (Å²) in [5, 5.41) is 0.675. The molecular formula is C19H14ClNO3. The van der Waals surface area contributed by atoms with E-state index in [1.807, 2.05) is 30.3 Å². The molecule has 0 N–H and O–H groups in total. The van der Waals surface area contributed by atoms with Gasteiger partial charge in [0.25, 0.3) is 0 Å². The Balaban J connectivity index is 1.50. The Morgan fingerprint density at radius 3 is 2.79 bits per heavy atom. The molecule has 0 unspecified atom stereocenters. The van der Waals surface area contributed by atoms with Crippen molar-refractivity contribution in [2.24, 2.45) is 0 Å². The first-order valence-electron chi connectivity index (χ1n) is 7.69. The fourth-order valence-corrected chi connectivity index (χ4v) is 2.98. The minimum atomic E-state index is 0.177. The van der Waals surface area contributed by atoms with Gasteiger partial charge < -0.3 is 9.15 Å². The molecule has 0 amide bonds. The Bertz CT molecular complexity index is 899. The van der Waals surface area contributed by atoms with E-state index in [-0.39, 0.29) is 12.4 Å². The molecule has 0 saturated heterocycles. The van der Waals surface area contributed by atoms with Crippen LogP contribution in [0.1, 0.15) is 28.2 Å². The van der Waals surface area contributed by atoms with Crippen molar-refractivity contribution in [1.29, 1.82) is 0 Å². The fraction of sp³-hybridized carbons (Fsp3) is 0.158. The van der Waals surface area contributed by atoms with E-state index in [1.165, 1.54) is 0 Å². The highest BCUT2D eigenvalue weighted by molar-refractivity contribution is 6.30. The van der Waals surface area contributed by atoms with Crippen LogP contribution < -0.4 is 4.74 Å². The number of ether oxygens (including phenoxy) is 1. The molecule has 0 fully saturated rings. The third-order valence-electron chi connectivity index (χ3n) is 4.07. The third kappa shape index (κ3) is 2.81. The predicted molar refractivity (Wildman–Crippen MR) is 90.4 cm³/mol. The van der Waals surface area contributed by atoms with Crippen LogP contribution in [0.3, 0.4) is 0 Å². The van der Waals surface area contributed by atoms with Crippen molar-refractivity contribution in [2.45, 2.75) is 19.4 Å². The Kier molecular flexibility index (Phi) is 3.82. The zero-order valence-corrected chi connectivity index (χ0v) is 13.5. The summed E-state index contributed by atoms with van der Waals surface area (Å²) in [6.07, 6.45) is 2.95. The number of fused-ring (bicyclic) bond motifs is 1. The zero-order valence-electron chi connectivity index (χ0n) is 12.8. The van der Waals surface area contributed by atoms with Crippen molar-refractivity contribution in [2.75, 3.05) is 0 Å². The monoisotopic (exact) mass is 339 g/mol. The van der Waals surface area contributed by atoms with Crippen LogP contribution in [0.15, 0.2) is 53.1 Å². The molecule has 0 bridgehead atoms. The Morgan fingerprint density at radius 2 is 1.96 bits per heavy atom. The summed E-state index contributed by atoms with van der Waals surface area (Å²) in [6, 6.07) is 12.9. The molecule has 0 radical (unpaired) electrons. The second-order valence-electron chi connectivity index (χ2n) is 5.62. The van der Waals surface area contributed by atoms with Crippen LogP contribution in [-0.4, -0.2) is 10.8 Å². The first-order chi connectivity index (χ1) is 11.7. The minimum absolute atomic E-state index is 0.177. The van der Waals surface area contributed by atoms with Crippen LogP contribution >= 0.6 is 11.6 Å². The van der Waals surface area contributed by atoms with Crippen LogP contribution in [-0.2, 0) is 13.0 Å². The van der Waals surface area contributed by atoms with Crippen molar-refractivity contribution in [3.8, 4) is 17.1 Å². The van der Waals surface area contributed by atoms with Crippen molar-refractivity contribution >= 4 is 17.4 Å². The molecule has 4 nitrogen and oxygen atoms in total. The van der Waals surface area contributed by atoms with Gasteiger partial charge in [-0.3, -0.25) is 4.79 Å². The van der Waals surface area contributed by atoms with Crippen LogP contribution in [0.4, 0.5) is 0 Å². The van der Waals surface area contributed by atoms with Gasteiger partial charge in [0.1, 0.15) is 5.75 Å². The van der Waals surface area contributed by atoms with E-state index in [9.17, 15) is 4.79 Å². The van der Waals surface area contributed by atoms with Gasteiger partial charge in [-0.1, -0.05) is 23.7 Å². The van der Waals surface area contributed by atoms with Gasteiger partial charge in [0.15, 0.2) is 18.2 Å². The molecule has 4 rings (SSSR count). The first-order valence-corrected chi connectivity index (χ1v) is 8.07. The Morgan fingerprint density at radius 1 is 1.12 bits per heavy atom. The zero-order chi connectivity index (χ0) is 16.5. The highest BCUT2D eigenvalue weighted by Crippen LogP contribution is 2.31. The number of ketones is 1. The molecule has 1 heterocycles. The van der Waals surface area contributed by atoms with Gasteiger partial charge in [0.2, 0.25) is 5.89 Å². The number of hydrogen-bond donors (Lipinski definition) is 0. The van der Waals surface area contributed by atoms with Gasteiger partial charge in [-0.15, -0.1) is 0 Å². The number of Topliss-reactive ketones (excluding diaryl/α,β-unsaturated/α-hetero) is 1. The summed E-state index contributed by atoms with van der Waals surface area (Å²) in [7, 11) is 0. The van der Waals surface area contributed by atoms with Gasteiger partial charge in [0, 0.05) is 28.1 Å². The summed E-state index contributed by atoms with van der Waals surface area (Å²) in [5.41, 5.74) is 2.65. The van der Waals surface area contributed by atoms with Crippen molar-refractivity contribution in [1.82, 2.24) is 4.98 Å². The van der Waals surface area contributed by atoms with Crippen LogP contribution in [0.5, 0.6) is 5.75 Å². The molecule has 120 valence electrons. The quantitative estimate of drug-likeness (QED) is 0.691. The molecular weight excluding hydrogens is 326 g/mol. The fourth-order valence-electron chi connectivity index (χ4n) is 2.86. The number of halogens is 1. The lowest BCUT2D eigenvalue weighted by molar-refractivity contribution is 0.0994. The maximum Gasteiger partial charge on any atom is 0.232 e. The third-order valence-corrected chi connectivity index (χ3v) is 4.32. The number of nitrogens with zero attached hydrogens (tertiary/aromatic N) is 1. The molecule has 1 aromatic heterocycles. The van der Waals surface area contributed by atoms with E-state index in [1.54, 1.807) is 18.3 Å². The van der Waals surface area contributed by atoms with Gasteiger partial charge in [-0.05, 0) is 36.8 Å². The number of hydrogen-bond acceptors (Lipinski definition) is 4. The standard InChI is InChI=1S/C19H14ClNO3/c20-13-6-4-12(5-7-13)18-10-21-19(24-18)11-23-17-3-1-2-14-15(17)8-9-16(14)22/h1-7,10H,8-9,11H2. The van der Waals surface area contributed by atoms with Crippen molar-refractivity contribution < 1.29 is 13.9 Å². The average molecular weight is 340 g/mol. The minimum Gasteiger partial charge on any atom is -0.484 e. The van der Waals surface area contributed by atoms with Crippen LogP contribution in [0.2, 0.25) is 5.02 Å². The molecule has 0 atom stereocenters. The summed E-state index contributed by atoms with van der Waals surface area (Å²) in [6.45, 7) is 0.220. The SMILES string of the molecule is O=C1CCc2c(OCc3ncc(-c4ccc(Cl)cc4)o3)cccc21. The summed E-state index contributed by atoms with van der Waals surface area (Å²) in [4.78, 5) is 16.0. The number of oxazole rings is 1. The second kappa shape index (κ2) is 6.13. The number of carbonyl (C=O) groups is 1. The van der Waals surface area contributed by atoms with E-state index < -0.39 is 0 Å². The molecule has 3 aromatic rings. The maximum atomic E-state index is 11.8. The van der Waals surface area contributed by atoms with Gasteiger partial charge in [0.05, 0.1) is 6.20 Å². The molecule has 1 aliphatic rings. The predicted octanol–water partition coefficient (Wildman–Crippen LogP) is 4.70. The number of benzene rings is 2. The van der Waals surface area contributed by atoms with E-state index in [0.29, 0.717) is 23.1 Å². The van der Waals surface area contributed by atoms with Gasteiger partial charge in [-0.25, -0.2) is 4.98 Å². The van der Waals surface area contributed by atoms with E-state index in [4.69, 9.17) is 20.8 Å². The lowest BCUT2D eigenvalue weighted by atomic mass is 10.1. The van der Waals surface area contributed by atoms with E-state index in [0.717, 1.165) is 28.9 Å². The second-order valence-corrected chi connectivity index (χ2v) is 6.06. The summed E-state index contributed by atoms with van der Waals surface area (Å²) < 4.78 is 11.5. The normalized spacial score (nSPS) is 13.1. The van der Waals surface area contributed by atoms with Crippen LogP contribution in [0, 0.1) is 0 Å². The highest BCUT2D eigenvalue weighted by atomic mass is 35.5. The van der Waals surface area contributed by atoms with Crippen LogP contribution in [0.25, 0.3) is 11.3 Å². The average Bonchev–Trinajstić information content (AvgIpc) is 3.21. The lowest BCUT2D eigenvalue weighted by Gasteiger charge is -2.08. The smallest absolute Gasteiger partial charge is 0.232 e. The lowest BCUT2D eigenvalue weighted by Crippen LogP contribution is -1.99. The molecule has 2 aromatic carbocycles. The van der Waals surface area contributed by atoms with E-state index >= 15 is 0 Å². The highest BCUT2D eigenvalue weighted by Gasteiger charge is 2.22. The number of aromatic nitrogens is 1. The maximum absolute atomic E-state index is 11.8. The Labute approximate surface area is 144 Å². The molecule has 0 spiro atoms. The van der Waals surface area contributed by atoms with E-state index in [2.05, 4.69) is 4.98 Å². The van der Waals surface area contributed by atoms with Crippen molar-refractivity contribution in [3.05, 3.63) is 70.7 Å². The molecule has 1 aliphatic carbocycles. The molecule has 0 saturated carbocycles. The van der Waals surface area contributed by atoms with Gasteiger partial charge >= 0.3 is 0 Å². The number of rotatable bonds is 4. The van der Waals surface area contributed by atoms with Gasteiger partial charge in [-0.2, -0.15) is 0 Å². The number of carbonyl (C=O) groups excluding carboxylic acids is 1. The summed E-state index contributed by atoms with van der Waals surface area (Å²) in [5.74, 6) is 2.06. The Hall–Kier alpha value is -2.59. The molecule has 5 heteroatoms. The topological polar surface area (TPSA) is 52.3 Å². The first kappa shape index (κ1) is 15.0. The van der Waals surface area contributed by atoms with Crippen molar-refractivity contribution in [3.63, 3.8) is 0 Å².